The van der Waals surface area contributed by atoms with Gasteiger partial charge in [-0.1, -0.05) is 32.0 Å². The Hall–Kier alpha value is -1.02. The van der Waals surface area contributed by atoms with Crippen LogP contribution in [0.25, 0.3) is 0 Å². The zero-order valence-corrected chi connectivity index (χ0v) is 12.2. The first-order chi connectivity index (χ1) is 9.25. The predicted molar refractivity (Wildman–Crippen MR) is 81.7 cm³/mol. The van der Waals surface area contributed by atoms with E-state index in [4.69, 9.17) is 0 Å². The molecule has 0 aromatic heterocycles. The maximum absolute atomic E-state index is 3.54. The van der Waals surface area contributed by atoms with E-state index in [0.717, 1.165) is 18.5 Å². The number of likely N-dealkylation sites (tertiary alicyclic amines) is 1. The minimum absolute atomic E-state index is 0.713. The first kappa shape index (κ1) is 13.0. The highest BCUT2D eigenvalue weighted by molar-refractivity contribution is 5.57. The van der Waals surface area contributed by atoms with Gasteiger partial charge in [0, 0.05) is 24.2 Å². The lowest BCUT2D eigenvalue weighted by Crippen LogP contribution is -2.34. The monoisotopic (exact) mass is 258 g/mol. The highest BCUT2D eigenvalue weighted by Gasteiger charge is 2.28. The van der Waals surface area contributed by atoms with E-state index in [1.165, 1.54) is 43.6 Å². The number of hydrogen-bond acceptors (Lipinski definition) is 2. The number of fused-ring (bicyclic) bond motifs is 1. The first-order valence-electron chi connectivity index (χ1n) is 7.82. The maximum Gasteiger partial charge on any atom is 0.0376 e. The van der Waals surface area contributed by atoms with Crippen molar-refractivity contribution >= 4 is 5.69 Å². The Morgan fingerprint density at radius 2 is 2.16 bits per heavy atom. The van der Waals surface area contributed by atoms with Crippen LogP contribution in [-0.4, -0.2) is 30.6 Å². The van der Waals surface area contributed by atoms with Crippen LogP contribution in [0.15, 0.2) is 24.3 Å². The van der Waals surface area contributed by atoms with Crippen LogP contribution in [0.3, 0.4) is 0 Å². The number of hydrogen-bond donors (Lipinski definition) is 1. The molecule has 0 aliphatic carbocycles. The van der Waals surface area contributed by atoms with Gasteiger partial charge in [0.05, 0.1) is 0 Å². The summed E-state index contributed by atoms with van der Waals surface area (Å²) in [6, 6.07) is 9.63. The molecule has 2 unspecified atom stereocenters. The molecule has 0 radical (unpaired) electrons. The summed E-state index contributed by atoms with van der Waals surface area (Å²) < 4.78 is 0. The summed E-state index contributed by atoms with van der Waals surface area (Å²) in [6.07, 6.45) is 4.09. The number of benzene rings is 1. The molecular weight excluding hydrogens is 232 g/mol. The van der Waals surface area contributed by atoms with Crippen molar-refractivity contribution < 1.29 is 0 Å². The average molecular weight is 258 g/mol. The second-order valence-corrected chi connectivity index (χ2v) is 6.44. The van der Waals surface area contributed by atoms with Crippen molar-refractivity contribution in [2.75, 3.05) is 25.0 Å². The fourth-order valence-corrected chi connectivity index (χ4v) is 3.82. The summed E-state index contributed by atoms with van der Waals surface area (Å²) in [5.74, 6) is 1.51. The summed E-state index contributed by atoms with van der Waals surface area (Å²) in [5.41, 5.74) is 2.89. The van der Waals surface area contributed by atoms with Crippen molar-refractivity contribution in [3.8, 4) is 0 Å². The van der Waals surface area contributed by atoms with Gasteiger partial charge in [0.25, 0.3) is 0 Å². The third-order valence-corrected chi connectivity index (χ3v) is 4.89. The van der Waals surface area contributed by atoms with Crippen LogP contribution in [0.5, 0.6) is 0 Å². The largest absolute Gasteiger partial charge is 0.384 e. The molecule has 3 rings (SSSR count). The molecule has 19 heavy (non-hydrogen) atoms. The van der Waals surface area contributed by atoms with E-state index in [9.17, 15) is 0 Å². The van der Waals surface area contributed by atoms with E-state index >= 15 is 0 Å². The normalized spacial score (nSPS) is 26.7. The Bertz CT molecular complexity index is 427. The summed E-state index contributed by atoms with van der Waals surface area (Å²) in [5, 5.41) is 3.54. The molecule has 2 aliphatic heterocycles. The number of anilines is 1. The zero-order chi connectivity index (χ0) is 13.2. The summed E-state index contributed by atoms with van der Waals surface area (Å²) >= 11 is 0. The van der Waals surface area contributed by atoms with Gasteiger partial charge in [-0.15, -0.1) is 0 Å². The molecule has 2 aliphatic rings. The third-order valence-electron chi connectivity index (χ3n) is 4.89. The summed E-state index contributed by atoms with van der Waals surface area (Å²) in [6.45, 7) is 8.44. The van der Waals surface area contributed by atoms with E-state index in [1.54, 1.807) is 0 Å². The fraction of sp³-hybridized carbons (Fsp3) is 0.647. The molecule has 1 aromatic carbocycles. The topological polar surface area (TPSA) is 15.3 Å². The lowest BCUT2D eigenvalue weighted by atomic mass is 9.96. The Morgan fingerprint density at radius 1 is 1.32 bits per heavy atom. The molecule has 1 N–H and O–H groups in total. The van der Waals surface area contributed by atoms with Crippen LogP contribution in [0.2, 0.25) is 0 Å². The van der Waals surface area contributed by atoms with Gasteiger partial charge in [-0.3, -0.25) is 0 Å². The van der Waals surface area contributed by atoms with E-state index in [2.05, 4.69) is 48.3 Å². The molecule has 2 heterocycles. The fourth-order valence-electron chi connectivity index (χ4n) is 3.82. The minimum atomic E-state index is 0.713. The molecule has 2 nitrogen and oxygen atoms in total. The van der Waals surface area contributed by atoms with Crippen molar-refractivity contribution in [1.29, 1.82) is 0 Å². The van der Waals surface area contributed by atoms with Crippen molar-refractivity contribution in [1.82, 2.24) is 4.90 Å². The van der Waals surface area contributed by atoms with E-state index in [0.29, 0.717) is 5.92 Å². The van der Waals surface area contributed by atoms with Crippen molar-refractivity contribution in [2.45, 2.75) is 45.1 Å². The summed E-state index contributed by atoms with van der Waals surface area (Å²) in [7, 11) is 0. The van der Waals surface area contributed by atoms with Crippen molar-refractivity contribution in [3.05, 3.63) is 29.8 Å². The van der Waals surface area contributed by atoms with Gasteiger partial charge in [-0.05, 0) is 49.9 Å². The first-order valence-corrected chi connectivity index (χ1v) is 7.82. The van der Waals surface area contributed by atoms with Gasteiger partial charge in [0.2, 0.25) is 0 Å². The molecule has 0 amide bonds. The molecule has 0 spiro atoms. The molecule has 1 saturated heterocycles. The van der Waals surface area contributed by atoms with Gasteiger partial charge in [0.15, 0.2) is 0 Å². The maximum atomic E-state index is 3.54. The minimum Gasteiger partial charge on any atom is -0.384 e. The SMILES string of the molecule is CC(C)C1CCCN1CCC1CNc2ccccc21. The molecular formula is C17H26N2. The molecule has 2 heteroatoms. The van der Waals surface area contributed by atoms with E-state index in [1.807, 2.05) is 0 Å². The van der Waals surface area contributed by atoms with Gasteiger partial charge in [-0.2, -0.15) is 0 Å². The number of nitrogens with one attached hydrogen (secondary N) is 1. The van der Waals surface area contributed by atoms with E-state index in [-0.39, 0.29) is 0 Å². The molecule has 0 saturated carbocycles. The Labute approximate surface area is 117 Å². The van der Waals surface area contributed by atoms with Gasteiger partial charge in [0.1, 0.15) is 0 Å². The Kier molecular flexibility index (Phi) is 3.79. The third kappa shape index (κ3) is 2.64. The number of para-hydroxylation sites is 1. The van der Waals surface area contributed by atoms with Crippen LogP contribution in [-0.2, 0) is 0 Å². The van der Waals surface area contributed by atoms with Crippen molar-refractivity contribution in [3.63, 3.8) is 0 Å². The van der Waals surface area contributed by atoms with Crippen LogP contribution >= 0.6 is 0 Å². The second-order valence-electron chi connectivity index (χ2n) is 6.44. The highest BCUT2D eigenvalue weighted by Crippen LogP contribution is 2.34. The second kappa shape index (κ2) is 5.54. The summed E-state index contributed by atoms with van der Waals surface area (Å²) in [4.78, 5) is 2.73. The predicted octanol–water partition coefficient (Wildman–Crippen LogP) is 3.71. The standard InChI is InChI=1S/C17H26N2/c1-13(2)17-8-5-10-19(17)11-9-14-12-18-16-7-4-3-6-15(14)16/h3-4,6-7,13-14,17-18H,5,8-12H2,1-2H3. The van der Waals surface area contributed by atoms with Gasteiger partial charge in [-0.25, -0.2) is 0 Å². The highest BCUT2D eigenvalue weighted by atomic mass is 15.2. The molecule has 104 valence electrons. The van der Waals surface area contributed by atoms with Crippen LogP contribution in [0.1, 0.15) is 44.6 Å². The average Bonchev–Trinajstić information content (AvgIpc) is 3.03. The quantitative estimate of drug-likeness (QED) is 0.885. The van der Waals surface area contributed by atoms with Gasteiger partial charge >= 0.3 is 0 Å². The van der Waals surface area contributed by atoms with Crippen LogP contribution < -0.4 is 5.32 Å². The van der Waals surface area contributed by atoms with Crippen molar-refractivity contribution in [2.24, 2.45) is 5.92 Å². The van der Waals surface area contributed by atoms with E-state index < -0.39 is 0 Å². The Balaban J connectivity index is 1.59. The number of rotatable bonds is 4. The molecule has 1 fully saturated rings. The van der Waals surface area contributed by atoms with Crippen LogP contribution in [0.4, 0.5) is 5.69 Å². The number of nitrogens with zero attached hydrogens (tertiary/aromatic N) is 1. The zero-order valence-electron chi connectivity index (χ0n) is 12.2. The lowest BCUT2D eigenvalue weighted by Gasteiger charge is -2.28. The van der Waals surface area contributed by atoms with Crippen LogP contribution in [0, 0.1) is 5.92 Å². The molecule has 2 atom stereocenters. The lowest BCUT2D eigenvalue weighted by molar-refractivity contribution is 0.201. The molecule has 0 bridgehead atoms. The molecule has 1 aromatic rings. The Morgan fingerprint density at radius 3 is 3.00 bits per heavy atom. The smallest absolute Gasteiger partial charge is 0.0376 e. The van der Waals surface area contributed by atoms with Gasteiger partial charge < -0.3 is 10.2 Å².